The predicted octanol–water partition coefficient (Wildman–Crippen LogP) is 3.52. The van der Waals surface area contributed by atoms with Gasteiger partial charge in [-0.3, -0.25) is 9.59 Å². The molecule has 166 valence electrons. The van der Waals surface area contributed by atoms with Crippen molar-refractivity contribution in [3.63, 3.8) is 0 Å². The maximum atomic E-state index is 13.1. The lowest BCUT2D eigenvalue weighted by Crippen LogP contribution is -2.46. The molecule has 0 aliphatic carbocycles. The van der Waals surface area contributed by atoms with Gasteiger partial charge in [0.15, 0.2) is 5.65 Å². The molecule has 5 rings (SSSR count). The number of aryl methyl sites for hydroxylation is 1. The number of rotatable bonds is 3. The first-order chi connectivity index (χ1) is 15.6. The van der Waals surface area contributed by atoms with Crippen LogP contribution >= 0.6 is 0 Å². The van der Waals surface area contributed by atoms with Crippen molar-refractivity contribution in [1.29, 1.82) is 0 Å². The number of nitrogens with zero attached hydrogens (tertiary/aromatic N) is 4. The van der Waals surface area contributed by atoms with Gasteiger partial charge in [0.05, 0.1) is 5.52 Å². The third-order valence-electron chi connectivity index (χ3n) is 6.98. The fourth-order valence-electron chi connectivity index (χ4n) is 5.00. The molecule has 0 spiro atoms. The number of benzene rings is 1. The van der Waals surface area contributed by atoms with Gasteiger partial charge >= 0.3 is 0 Å². The highest BCUT2D eigenvalue weighted by Gasteiger charge is 2.33. The number of likely N-dealkylation sites (tertiary alicyclic amines) is 2. The van der Waals surface area contributed by atoms with Crippen molar-refractivity contribution in [2.75, 3.05) is 26.2 Å². The summed E-state index contributed by atoms with van der Waals surface area (Å²) < 4.78 is 0. The molecule has 0 saturated carbocycles. The molecule has 0 unspecified atom stereocenters. The highest BCUT2D eigenvalue weighted by molar-refractivity contribution is 5.95. The van der Waals surface area contributed by atoms with Crippen molar-refractivity contribution in [3.8, 4) is 0 Å². The van der Waals surface area contributed by atoms with Gasteiger partial charge in [-0.1, -0.05) is 18.2 Å². The van der Waals surface area contributed by atoms with Crippen LogP contribution in [0.15, 0.2) is 42.6 Å². The molecule has 2 amide bonds. The summed E-state index contributed by atoms with van der Waals surface area (Å²) in [7, 11) is 0. The van der Waals surface area contributed by atoms with Gasteiger partial charge in [-0.05, 0) is 56.4 Å². The van der Waals surface area contributed by atoms with Gasteiger partial charge in [-0.15, -0.1) is 0 Å². The van der Waals surface area contributed by atoms with Crippen LogP contribution in [0.4, 0.5) is 0 Å². The summed E-state index contributed by atoms with van der Waals surface area (Å²) in [5.74, 6) is 1.66. The van der Waals surface area contributed by atoms with Crippen LogP contribution in [0, 0.1) is 12.8 Å². The van der Waals surface area contributed by atoms with Crippen LogP contribution in [-0.2, 0) is 4.79 Å². The standard InChI is InChI=1S/C25H29N5O2/c1-17-5-2-3-6-20(17)25(32)30-15-10-19(11-16-30)24(31)29-13-8-18(9-14-29)22-27-21-7-4-12-26-23(21)28-22/h2-7,12,18-19H,8-11,13-16H2,1H3,(H,26,27,28). The minimum absolute atomic E-state index is 0.0165. The molecule has 0 atom stereocenters. The van der Waals surface area contributed by atoms with E-state index in [1.807, 2.05) is 53.1 Å². The second-order valence-corrected chi connectivity index (χ2v) is 8.98. The lowest BCUT2D eigenvalue weighted by molar-refractivity contribution is -0.138. The van der Waals surface area contributed by atoms with Crippen LogP contribution in [0.1, 0.15) is 53.3 Å². The molecular formula is C25H29N5O2. The number of amides is 2. The molecule has 2 aromatic heterocycles. The largest absolute Gasteiger partial charge is 0.342 e. The summed E-state index contributed by atoms with van der Waals surface area (Å²) in [6.07, 6.45) is 5.07. The summed E-state index contributed by atoms with van der Waals surface area (Å²) in [5.41, 5.74) is 3.49. The van der Waals surface area contributed by atoms with Crippen LogP contribution in [0.2, 0.25) is 0 Å². The molecule has 0 bridgehead atoms. The van der Waals surface area contributed by atoms with E-state index in [4.69, 9.17) is 0 Å². The third-order valence-corrected chi connectivity index (χ3v) is 6.98. The third kappa shape index (κ3) is 3.99. The smallest absolute Gasteiger partial charge is 0.254 e. The Hall–Kier alpha value is -3.22. The Kier molecular flexibility index (Phi) is 5.64. The van der Waals surface area contributed by atoms with E-state index in [9.17, 15) is 9.59 Å². The molecule has 32 heavy (non-hydrogen) atoms. The number of carbonyl (C=O) groups is 2. The van der Waals surface area contributed by atoms with E-state index in [0.717, 1.165) is 66.9 Å². The molecule has 1 aromatic carbocycles. The molecule has 3 aromatic rings. The fourth-order valence-corrected chi connectivity index (χ4v) is 5.00. The Morgan fingerprint density at radius 3 is 2.38 bits per heavy atom. The molecule has 2 fully saturated rings. The van der Waals surface area contributed by atoms with Crippen molar-refractivity contribution in [1.82, 2.24) is 24.8 Å². The minimum atomic E-state index is 0.0165. The lowest BCUT2D eigenvalue weighted by atomic mass is 9.91. The highest BCUT2D eigenvalue weighted by atomic mass is 16.2. The molecule has 2 aliphatic heterocycles. The zero-order valence-corrected chi connectivity index (χ0v) is 18.5. The normalized spacial score (nSPS) is 18.3. The number of H-pyrrole nitrogens is 1. The molecule has 0 radical (unpaired) electrons. The lowest BCUT2D eigenvalue weighted by Gasteiger charge is -2.37. The van der Waals surface area contributed by atoms with Gasteiger partial charge in [0.25, 0.3) is 5.91 Å². The second-order valence-electron chi connectivity index (χ2n) is 8.98. The van der Waals surface area contributed by atoms with Crippen molar-refractivity contribution < 1.29 is 9.59 Å². The number of aromatic amines is 1. The fraction of sp³-hybridized carbons (Fsp3) is 0.440. The number of nitrogens with one attached hydrogen (secondary N) is 1. The van der Waals surface area contributed by atoms with Crippen molar-refractivity contribution in [3.05, 3.63) is 59.5 Å². The Labute approximate surface area is 187 Å². The Balaban J connectivity index is 1.14. The number of imidazole rings is 1. The van der Waals surface area contributed by atoms with Gasteiger partial charge in [-0.2, -0.15) is 0 Å². The van der Waals surface area contributed by atoms with Crippen LogP contribution in [0.25, 0.3) is 11.2 Å². The first-order valence-corrected chi connectivity index (χ1v) is 11.5. The van der Waals surface area contributed by atoms with Crippen molar-refractivity contribution in [2.24, 2.45) is 5.92 Å². The summed E-state index contributed by atoms with van der Waals surface area (Å²) in [6, 6.07) is 11.6. The van der Waals surface area contributed by atoms with Gasteiger partial charge in [0, 0.05) is 49.8 Å². The van der Waals surface area contributed by atoms with Gasteiger partial charge in [-0.25, -0.2) is 9.97 Å². The number of piperidine rings is 2. The average Bonchev–Trinajstić information content (AvgIpc) is 3.28. The van der Waals surface area contributed by atoms with Crippen LogP contribution < -0.4 is 0 Å². The summed E-state index contributed by atoms with van der Waals surface area (Å²) in [5, 5.41) is 0. The SMILES string of the molecule is Cc1ccccc1C(=O)N1CCC(C(=O)N2CCC(c3nc4ncccc4[nH]3)CC2)CC1. The monoisotopic (exact) mass is 431 g/mol. The molecular weight excluding hydrogens is 402 g/mol. The molecule has 2 aliphatic rings. The van der Waals surface area contributed by atoms with E-state index < -0.39 is 0 Å². The topological polar surface area (TPSA) is 82.2 Å². The van der Waals surface area contributed by atoms with E-state index in [-0.39, 0.29) is 17.7 Å². The first kappa shape index (κ1) is 20.7. The number of hydrogen-bond acceptors (Lipinski definition) is 4. The maximum Gasteiger partial charge on any atom is 0.254 e. The van der Waals surface area contributed by atoms with Gasteiger partial charge in [0.2, 0.25) is 5.91 Å². The van der Waals surface area contributed by atoms with Crippen LogP contribution in [-0.4, -0.2) is 62.7 Å². The highest BCUT2D eigenvalue weighted by Crippen LogP contribution is 2.29. The van der Waals surface area contributed by atoms with Gasteiger partial charge < -0.3 is 14.8 Å². The van der Waals surface area contributed by atoms with E-state index >= 15 is 0 Å². The van der Waals surface area contributed by atoms with Crippen molar-refractivity contribution >= 4 is 23.0 Å². The Morgan fingerprint density at radius 2 is 1.66 bits per heavy atom. The molecule has 2 saturated heterocycles. The molecule has 4 heterocycles. The number of aromatic nitrogens is 3. The molecule has 1 N–H and O–H groups in total. The molecule has 7 nitrogen and oxygen atoms in total. The second kappa shape index (κ2) is 8.73. The quantitative estimate of drug-likeness (QED) is 0.688. The number of fused-ring (bicyclic) bond motifs is 1. The first-order valence-electron chi connectivity index (χ1n) is 11.5. The number of pyridine rings is 1. The van der Waals surface area contributed by atoms with E-state index in [1.165, 1.54) is 0 Å². The van der Waals surface area contributed by atoms with Gasteiger partial charge in [0.1, 0.15) is 5.82 Å². The zero-order chi connectivity index (χ0) is 22.1. The predicted molar refractivity (Wildman–Crippen MR) is 122 cm³/mol. The average molecular weight is 432 g/mol. The van der Waals surface area contributed by atoms with E-state index in [0.29, 0.717) is 19.0 Å². The number of carbonyl (C=O) groups excluding carboxylic acids is 2. The Morgan fingerprint density at radius 1 is 0.938 bits per heavy atom. The van der Waals surface area contributed by atoms with Crippen LogP contribution in [0.5, 0.6) is 0 Å². The maximum absolute atomic E-state index is 13.1. The molecule has 7 heteroatoms. The zero-order valence-electron chi connectivity index (χ0n) is 18.5. The summed E-state index contributed by atoms with van der Waals surface area (Å²) in [6.45, 7) is 4.78. The summed E-state index contributed by atoms with van der Waals surface area (Å²) >= 11 is 0. The Bertz CT molecular complexity index is 1090. The summed E-state index contributed by atoms with van der Waals surface area (Å²) in [4.78, 5) is 42.2. The van der Waals surface area contributed by atoms with Crippen molar-refractivity contribution in [2.45, 2.75) is 38.5 Å². The minimum Gasteiger partial charge on any atom is -0.342 e. The van der Waals surface area contributed by atoms with E-state index in [1.54, 1.807) is 6.20 Å². The number of hydrogen-bond donors (Lipinski definition) is 1. The van der Waals surface area contributed by atoms with E-state index in [2.05, 4.69) is 15.0 Å². The van der Waals surface area contributed by atoms with Crippen LogP contribution in [0.3, 0.4) is 0 Å².